The van der Waals surface area contributed by atoms with Crippen LogP contribution in [0.15, 0.2) is 24.3 Å². The zero-order chi connectivity index (χ0) is 14.4. The van der Waals surface area contributed by atoms with Gasteiger partial charge in [0, 0.05) is 20.1 Å². The van der Waals surface area contributed by atoms with Gasteiger partial charge in [-0.25, -0.2) is 0 Å². The minimum atomic E-state index is -0.468. The van der Waals surface area contributed by atoms with Crippen LogP contribution in [0.5, 0.6) is 5.75 Å². The van der Waals surface area contributed by atoms with Crippen LogP contribution in [0.3, 0.4) is 0 Å². The first kappa shape index (κ1) is 15.5. The predicted octanol–water partition coefficient (Wildman–Crippen LogP) is 1.82. The van der Waals surface area contributed by atoms with Crippen molar-refractivity contribution in [2.45, 2.75) is 38.8 Å². The molecule has 0 bridgehead atoms. The minimum Gasteiger partial charge on any atom is -0.481 e. The number of carbonyl (C=O) groups is 1. The van der Waals surface area contributed by atoms with Crippen LogP contribution in [0.25, 0.3) is 0 Å². The zero-order valence-electron chi connectivity index (χ0n) is 12.2. The summed E-state index contributed by atoms with van der Waals surface area (Å²) < 4.78 is 5.60. The van der Waals surface area contributed by atoms with Gasteiger partial charge >= 0.3 is 0 Å². The maximum Gasteiger partial charge on any atom is 0.262 e. The molecule has 0 fully saturated rings. The van der Waals surface area contributed by atoms with Crippen LogP contribution in [0.1, 0.15) is 25.8 Å². The molecular weight excluding hydrogens is 240 g/mol. The van der Waals surface area contributed by atoms with E-state index in [9.17, 15) is 4.79 Å². The van der Waals surface area contributed by atoms with Crippen LogP contribution in [0.4, 0.5) is 0 Å². The van der Waals surface area contributed by atoms with E-state index in [-0.39, 0.29) is 11.9 Å². The zero-order valence-corrected chi connectivity index (χ0v) is 12.2. The fourth-order valence-corrected chi connectivity index (χ4v) is 1.75. The number of hydrogen-bond donors (Lipinski definition) is 1. The maximum absolute atomic E-state index is 11.7. The summed E-state index contributed by atoms with van der Waals surface area (Å²) in [6, 6.07) is 8.05. The SMILES string of the molecule is CC(N)CCc1ccc(OC(C)C(=O)N(C)C)cc1. The summed E-state index contributed by atoms with van der Waals surface area (Å²) in [4.78, 5) is 13.2. The number of benzene rings is 1. The topological polar surface area (TPSA) is 55.6 Å². The molecule has 1 aromatic rings. The highest BCUT2D eigenvalue weighted by atomic mass is 16.5. The van der Waals surface area contributed by atoms with Crippen molar-refractivity contribution in [3.05, 3.63) is 29.8 Å². The van der Waals surface area contributed by atoms with Gasteiger partial charge in [0.1, 0.15) is 5.75 Å². The lowest BCUT2D eigenvalue weighted by molar-refractivity contribution is -0.135. The Kier molecular flexibility index (Phi) is 5.83. The number of hydrogen-bond acceptors (Lipinski definition) is 3. The van der Waals surface area contributed by atoms with Gasteiger partial charge in [0.05, 0.1) is 0 Å². The van der Waals surface area contributed by atoms with Crippen LogP contribution in [-0.2, 0) is 11.2 Å². The number of rotatable bonds is 6. The van der Waals surface area contributed by atoms with E-state index in [1.807, 2.05) is 31.2 Å². The van der Waals surface area contributed by atoms with Crippen molar-refractivity contribution < 1.29 is 9.53 Å². The smallest absolute Gasteiger partial charge is 0.262 e. The molecule has 0 saturated heterocycles. The maximum atomic E-state index is 11.7. The molecule has 2 unspecified atom stereocenters. The van der Waals surface area contributed by atoms with Crippen molar-refractivity contribution in [2.24, 2.45) is 5.73 Å². The third kappa shape index (κ3) is 5.30. The lowest BCUT2D eigenvalue weighted by Gasteiger charge is -2.18. The number of amides is 1. The van der Waals surface area contributed by atoms with Crippen molar-refractivity contribution >= 4 is 5.91 Å². The molecule has 4 heteroatoms. The van der Waals surface area contributed by atoms with E-state index in [1.165, 1.54) is 10.5 Å². The molecule has 1 rings (SSSR count). The third-order valence-electron chi connectivity index (χ3n) is 2.91. The van der Waals surface area contributed by atoms with Crippen LogP contribution in [-0.4, -0.2) is 37.0 Å². The Balaban J connectivity index is 2.54. The molecule has 0 radical (unpaired) electrons. The van der Waals surface area contributed by atoms with E-state index in [2.05, 4.69) is 0 Å². The van der Waals surface area contributed by atoms with Gasteiger partial charge in [0.15, 0.2) is 6.10 Å². The fourth-order valence-electron chi connectivity index (χ4n) is 1.75. The molecule has 0 aliphatic rings. The molecule has 0 aromatic heterocycles. The summed E-state index contributed by atoms with van der Waals surface area (Å²) in [7, 11) is 3.44. The number of ether oxygens (including phenoxy) is 1. The highest BCUT2D eigenvalue weighted by Gasteiger charge is 2.16. The van der Waals surface area contributed by atoms with Gasteiger partial charge in [-0.15, -0.1) is 0 Å². The minimum absolute atomic E-state index is 0.0407. The van der Waals surface area contributed by atoms with Gasteiger partial charge in [0.2, 0.25) is 0 Å². The van der Waals surface area contributed by atoms with Crippen molar-refractivity contribution in [1.29, 1.82) is 0 Å². The van der Waals surface area contributed by atoms with E-state index in [4.69, 9.17) is 10.5 Å². The molecule has 2 atom stereocenters. The lowest BCUT2D eigenvalue weighted by Crippen LogP contribution is -2.35. The monoisotopic (exact) mass is 264 g/mol. The fraction of sp³-hybridized carbons (Fsp3) is 0.533. The second-order valence-corrected chi connectivity index (χ2v) is 5.15. The number of aryl methyl sites for hydroxylation is 1. The molecule has 0 spiro atoms. The molecule has 0 saturated carbocycles. The summed E-state index contributed by atoms with van der Waals surface area (Å²) in [5.74, 6) is 0.674. The first-order valence-corrected chi connectivity index (χ1v) is 6.62. The Morgan fingerprint density at radius 1 is 1.26 bits per heavy atom. The van der Waals surface area contributed by atoms with Crippen molar-refractivity contribution in [1.82, 2.24) is 4.90 Å². The van der Waals surface area contributed by atoms with Crippen LogP contribution < -0.4 is 10.5 Å². The molecule has 2 N–H and O–H groups in total. The normalized spacial score (nSPS) is 13.7. The van der Waals surface area contributed by atoms with Gasteiger partial charge in [0.25, 0.3) is 5.91 Å². The van der Waals surface area contributed by atoms with E-state index >= 15 is 0 Å². The number of nitrogens with zero attached hydrogens (tertiary/aromatic N) is 1. The standard InChI is InChI=1S/C15H24N2O2/c1-11(16)5-6-13-7-9-14(10-8-13)19-12(2)15(18)17(3)4/h7-12H,5-6,16H2,1-4H3. The highest BCUT2D eigenvalue weighted by molar-refractivity contribution is 5.80. The third-order valence-corrected chi connectivity index (χ3v) is 2.91. The Hall–Kier alpha value is -1.55. The Labute approximate surface area is 115 Å². The average molecular weight is 264 g/mol. The van der Waals surface area contributed by atoms with Crippen LogP contribution >= 0.6 is 0 Å². The average Bonchev–Trinajstić information content (AvgIpc) is 2.36. The van der Waals surface area contributed by atoms with Gasteiger partial charge in [-0.05, 0) is 44.4 Å². The Morgan fingerprint density at radius 2 is 1.84 bits per heavy atom. The van der Waals surface area contributed by atoms with E-state index in [0.717, 1.165) is 12.8 Å². The molecule has 0 aliphatic carbocycles. The van der Waals surface area contributed by atoms with Crippen LogP contribution in [0, 0.1) is 0 Å². The van der Waals surface area contributed by atoms with Crippen molar-refractivity contribution in [2.75, 3.05) is 14.1 Å². The number of likely N-dealkylation sites (N-methyl/N-ethyl adjacent to an activating group) is 1. The molecular formula is C15H24N2O2. The van der Waals surface area contributed by atoms with Crippen molar-refractivity contribution in [3.8, 4) is 5.75 Å². The summed E-state index contributed by atoms with van der Waals surface area (Å²) in [5, 5.41) is 0. The van der Waals surface area contributed by atoms with E-state index < -0.39 is 6.10 Å². The number of nitrogens with two attached hydrogens (primary N) is 1. The first-order valence-electron chi connectivity index (χ1n) is 6.62. The van der Waals surface area contributed by atoms with Gasteiger partial charge in [-0.3, -0.25) is 4.79 Å². The Bertz CT molecular complexity index is 399. The first-order chi connectivity index (χ1) is 8.90. The van der Waals surface area contributed by atoms with Gasteiger partial charge < -0.3 is 15.4 Å². The predicted molar refractivity (Wildman–Crippen MR) is 77.2 cm³/mol. The molecule has 1 amide bonds. The number of carbonyl (C=O) groups excluding carboxylic acids is 1. The van der Waals surface area contributed by atoms with E-state index in [0.29, 0.717) is 5.75 Å². The van der Waals surface area contributed by atoms with E-state index in [1.54, 1.807) is 21.0 Å². The molecule has 106 valence electrons. The van der Waals surface area contributed by atoms with Crippen molar-refractivity contribution in [3.63, 3.8) is 0 Å². The second kappa shape index (κ2) is 7.14. The molecule has 4 nitrogen and oxygen atoms in total. The van der Waals surface area contributed by atoms with Crippen LogP contribution in [0.2, 0.25) is 0 Å². The largest absolute Gasteiger partial charge is 0.481 e. The second-order valence-electron chi connectivity index (χ2n) is 5.15. The highest BCUT2D eigenvalue weighted by Crippen LogP contribution is 2.15. The quantitative estimate of drug-likeness (QED) is 0.852. The molecule has 19 heavy (non-hydrogen) atoms. The summed E-state index contributed by atoms with van der Waals surface area (Å²) >= 11 is 0. The van der Waals surface area contributed by atoms with Gasteiger partial charge in [-0.1, -0.05) is 12.1 Å². The Morgan fingerprint density at radius 3 is 2.32 bits per heavy atom. The summed E-state index contributed by atoms with van der Waals surface area (Å²) in [6.07, 6.45) is 1.46. The molecule has 0 heterocycles. The molecule has 1 aromatic carbocycles. The summed E-state index contributed by atoms with van der Waals surface area (Å²) in [5.41, 5.74) is 6.96. The van der Waals surface area contributed by atoms with Gasteiger partial charge in [-0.2, -0.15) is 0 Å². The summed E-state index contributed by atoms with van der Waals surface area (Å²) in [6.45, 7) is 3.76. The molecule has 0 aliphatic heterocycles. The lowest BCUT2D eigenvalue weighted by atomic mass is 10.1.